The number of esters is 1. The maximum atomic E-state index is 11.0. The second-order valence-corrected chi connectivity index (χ2v) is 4.25. The number of hydrogen-bond acceptors (Lipinski definition) is 4. The van der Waals surface area contributed by atoms with Gasteiger partial charge in [0, 0.05) is 5.75 Å². The van der Waals surface area contributed by atoms with E-state index in [1.54, 1.807) is 0 Å². The van der Waals surface area contributed by atoms with E-state index in [-0.39, 0.29) is 5.97 Å². The maximum Gasteiger partial charge on any atom is 0.331 e. The van der Waals surface area contributed by atoms with E-state index >= 15 is 0 Å². The largest absolute Gasteiger partial charge is 0.467 e. The molecule has 0 N–H and O–H groups in total. The molecule has 0 amide bonds. The number of rotatable bonds is 2. The second kappa shape index (κ2) is 4.35. The zero-order valence-electron chi connectivity index (χ0n) is 6.29. The summed E-state index contributed by atoms with van der Waals surface area (Å²) in [6, 6.07) is -0.435. The van der Waals surface area contributed by atoms with Gasteiger partial charge in [-0.3, -0.25) is 4.99 Å². The van der Waals surface area contributed by atoms with Crippen molar-refractivity contribution in [2.45, 2.75) is 10.9 Å². The van der Waals surface area contributed by atoms with Gasteiger partial charge in [0.1, 0.15) is 5.04 Å². The molecule has 0 spiro atoms. The molecule has 1 aliphatic heterocycles. The number of nitrogens with zero attached hydrogens (tertiary/aromatic N) is 1. The fraction of sp³-hybridized carbons (Fsp3) is 0.667. The predicted octanol–water partition coefficient (Wildman–Crippen LogP) is 1.48. The maximum absolute atomic E-state index is 11.0. The van der Waals surface area contributed by atoms with Crippen molar-refractivity contribution >= 4 is 46.0 Å². The van der Waals surface area contributed by atoms with Crippen LogP contribution >= 0.6 is 35.0 Å². The highest BCUT2D eigenvalue weighted by Gasteiger charge is 2.27. The highest BCUT2D eigenvalue weighted by molar-refractivity contribution is 8.14. The van der Waals surface area contributed by atoms with Crippen LogP contribution in [0.2, 0.25) is 0 Å². The monoisotopic (exact) mass is 227 g/mol. The molecule has 6 heteroatoms. The van der Waals surface area contributed by atoms with Crippen LogP contribution < -0.4 is 0 Å². The Balaban J connectivity index is 2.58. The Kier molecular flexibility index (Phi) is 3.68. The number of carbonyl (C=O) groups excluding carboxylic acids is 1. The summed E-state index contributed by atoms with van der Waals surface area (Å²) in [5, 5.41) is 0.591. The van der Waals surface area contributed by atoms with E-state index in [2.05, 4.69) is 9.73 Å². The molecule has 3 nitrogen and oxygen atoms in total. The van der Waals surface area contributed by atoms with Crippen LogP contribution in [0.25, 0.3) is 0 Å². The summed E-state index contributed by atoms with van der Waals surface area (Å²) in [4.78, 5) is 14.3. The molecule has 0 saturated carbocycles. The fourth-order valence-corrected chi connectivity index (χ4v) is 2.13. The van der Waals surface area contributed by atoms with E-state index in [9.17, 15) is 4.79 Å². The highest BCUT2D eigenvalue weighted by atomic mass is 35.5. The normalized spacial score (nSPS) is 22.7. The number of carbonyl (C=O) groups is 1. The van der Waals surface area contributed by atoms with Crippen LogP contribution in [0, 0.1) is 0 Å². The quantitative estimate of drug-likeness (QED) is 0.530. The van der Waals surface area contributed by atoms with Gasteiger partial charge in [-0.2, -0.15) is 0 Å². The van der Waals surface area contributed by atoms with Gasteiger partial charge in [-0.25, -0.2) is 4.79 Å². The molecular formula is C6H7Cl2NO2S. The summed E-state index contributed by atoms with van der Waals surface area (Å²) in [6.07, 6.45) is 0. The summed E-state index contributed by atoms with van der Waals surface area (Å²) >= 11 is 12.5. The molecule has 0 aliphatic carbocycles. The van der Waals surface area contributed by atoms with Crippen LogP contribution in [0.3, 0.4) is 0 Å². The number of aliphatic imine (C=N–C) groups is 1. The van der Waals surface area contributed by atoms with Crippen LogP contribution in [-0.2, 0) is 9.53 Å². The van der Waals surface area contributed by atoms with Gasteiger partial charge in [-0.05, 0) is 0 Å². The average Bonchev–Trinajstić information content (AvgIpc) is 2.51. The van der Waals surface area contributed by atoms with Gasteiger partial charge in [0.15, 0.2) is 10.9 Å². The third kappa shape index (κ3) is 2.28. The van der Waals surface area contributed by atoms with Gasteiger partial charge in [0.25, 0.3) is 0 Å². The summed E-state index contributed by atoms with van der Waals surface area (Å²) in [6.45, 7) is 0. The first-order valence-electron chi connectivity index (χ1n) is 3.21. The van der Waals surface area contributed by atoms with Crippen LogP contribution in [0.5, 0.6) is 0 Å². The van der Waals surface area contributed by atoms with E-state index in [1.165, 1.54) is 18.9 Å². The first-order valence-corrected chi connectivity index (χ1v) is 5.07. The Morgan fingerprint density at radius 3 is 2.92 bits per heavy atom. The van der Waals surface area contributed by atoms with Crippen molar-refractivity contribution in [2.24, 2.45) is 4.99 Å². The van der Waals surface area contributed by atoms with E-state index in [0.29, 0.717) is 10.8 Å². The van der Waals surface area contributed by atoms with Crippen LogP contribution in [-0.4, -0.2) is 34.8 Å². The molecule has 12 heavy (non-hydrogen) atoms. The second-order valence-electron chi connectivity index (χ2n) is 2.12. The molecule has 0 aromatic heterocycles. The molecule has 1 rings (SSSR count). The highest BCUT2D eigenvalue weighted by Crippen LogP contribution is 2.25. The van der Waals surface area contributed by atoms with E-state index in [4.69, 9.17) is 23.2 Å². The molecule has 0 saturated heterocycles. The van der Waals surface area contributed by atoms with Crippen molar-refractivity contribution in [2.75, 3.05) is 12.9 Å². The molecule has 68 valence electrons. The van der Waals surface area contributed by atoms with Crippen LogP contribution in [0.15, 0.2) is 4.99 Å². The van der Waals surface area contributed by atoms with Crippen molar-refractivity contribution in [3.63, 3.8) is 0 Å². The van der Waals surface area contributed by atoms with E-state index in [1.807, 2.05) is 0 Å². The lowest BCUT2D eigenvalue weighted by Crippen LogP contribution is -2.19. The zero-order valence-corrected chi connectivity index (χ0v) is 8.62. The lowest BCUT2D eigenvalue weighted by molar-refractivity contribution is -0.141. The SMILES string of the molecule is COC(=O)[C@H]1CSC(C(Cl)Cl)=N1. The van der Waals surface area contributed by atoms with Crippen molar-refractivity contribution in [3.05, 3.63) is 0 Å². The minimum absolute atomic E-state index is 0.341. The average molecular weight is 228 g/mol. The molecule has 0 bridgehead atoms. The lowest BCUT2D eigenvalue weighted by Gasteiger charge is -2.00. The number of ether oxygens (including phenoxy) is 1. The molecular weight excluding hydrogens is 221 g/mol. The number of hydrogen-bond donors (Lipinski definition) is 0. The van der Waals surface area contributed by atoms with Gasteiger partial charge in [0.05, 0.1) is 7.11 Å². The van der Waals surface area contributed by atoms with Crippen LogP contribution in [0.4, 0.5) is 0 Å². The van der Waals surface area contributed by atoms with Crippen molar-refractivity contribution in [3.8, 4) is 0 Å². The molecule has 0 unspecified atom stereocenters. The van der Waals surface area contributed by atoms with Gasteiger partial charge in [-0.1, -0.05) is 23.2 Å². The van der Waals surface area contributed by atoms with Crippen LogP contribution in [0.1, 0.15) is 0 Å². The zero-order chi connectivity index (χ0) is 9.14. The van der Waals surface area contributed by atoms with Gasteiger partial charge >= 0.3 is 5.97 Å². The molecule has 0 aromatic carbocycles. The van der Waals surface area contributed by atoms with Gasteiger partial charge in [0.2, 0.25) is 0 Å². The topological polar surface area (TPSA) is 38.7 Å². The summed E-state index contributed by atoms with van der Waals surface area (Å²) in [5.41, 5.74) is 0. The smallest absolute Gasteiger partial charge is 0.331 e. The lowest BCUT2D eigenvalue weighted by atomic mass is 10.4. The molecule has 1 atom stereocenters. The van der Waals surface area contributed by atoms with E-state index in [0.717, 1.165) is 0 Å². The van der Waals surface area contributed by atoms with Gasteiger partial charge in [-0.15, -0.1) is 11.8 Å². The Morgan fingerprint density at radius 1 is 1.83 bits per heavy atom. The van der Waals surface area contributed by atoms with Crippen molar-refractivity contribution < 1.29 is 9.53 Å². The number of alkyl halides is 2. The summed E-state index contributed by atoms with van der Waals surface area (Å²) < 4.78 is 4.52. The van der Waals surface area contributed by atoms with Crippen molar-refractivity contribution in [1.29, 1.82) is 0 Å². The Morgan fingerprint density at radius 2 is 2.50 bits per heavy atom. The minimum atomic E-state index is -0.635. The predicted molar refractivity (Wildman–Crippen MR) is 51.2 cm³/mol. The fourth-order valence-electron chi connectivity index (χ4n) is 0.769. The molecule has 0 radical (unpaired) electrons. The Bertz CT molecular complexity index is 220. The standard InChI is InChI=1S/C6H7Cl2NO2S/c1-11-6(10)3-2-12-5(9-3)4(7)8/h3-4H,2H2,1H3/t3-/m1/s1. The molecule has 0 fully saturated rings. The number of thioether (sulfide) groups is 1. The van der Waals surface area contributed by atoms with Gasteiger partial charge < -0.3 is 4.74 Å². The molecule has 1 heterocycles. The molecule has 1 aliphatic rings. The number of halogens is 2. The van der Waals surface area contributed by atoms with Crippen molar-refractivity contribution in [1.82, 2.24) is 0 Å². The number of methoxy groups -OCH3 is 1. The molecule has 0 aromatic rings. The first-order chi connectivity index (χ1) is 5.65. The minimum Gasteiger partial charge on any atom is -0.467 e. The summed E-state index contributed by atoms with van der Waals surface area (Å²) in [7, 11) is 1.33. The van der Waals surface area contributed by atoms with E-state index < -0.39 is 10.9 Å². The summed E-state index contributed by atoms with van der Waals surface area (Å²) in [5.74, 6) is 0.226. The third-order valence-corrected chi connectivity index (χ3v) is 3.12. The first kappa shape index (κ1) is 10.2. The Hall–Kier alpha value is 0.0700. The third-order valence-electron chi connectivity index (χ3n) is 1.33. The Labute approximate surface area is 84.5 Å².